The van der Waals surface area contributed by atoms with Gasteiger partial charge >= 0.3 is 0 Å². The van der Waals surface area contributed by atoms with E-state index in [0.29, 0.717) is 12.1 Å². The van der Waals surface area contributed by atoms with Crippen molar-refractivity contribution in [2.45, 2.75) is 0 Å². The van der Waals surface area contributed by atoms with Crippen molar-refractivity contribution in [1.82, 2.24) is 0 Å². The predicted molar refractivity (Wildman–Crippen MR) is 55.4 cm³/mol. The molecule has 0 aromatic heterocycles. The van der Waals surface area contributed by atoms with Crippen LogP contribution in [0.5, 0.6) is 0 Å². The van der Waals surface area contributed by atoms with Gasteiger partial charge in [0.1, 0.15) is 17.5 Å². The van der Waals surface area contributed by atoms with Crippen molar-refractivity contribution in [3.8, 4) is 0 Å². The fourth-order valence-corrected chi connectivity index (χ4v) is 1.04. The average Bonchev–Trinajstić information content (AvgIpc) is 2.16. The maximum atomic E-state index is 13.0. The first-order chi connectivity index (χ1) is 7.54. The Hall–Kier alpha value is -1.78. The molecule has 0 aliphatic rings. The minimum Gasteiger partial charge on any atom is -0.267 e. The van der Waals surface area contributed by atoms with Crippen molar-refractivity contribution < 1.29 is 18.0 Å². The van der Waals surface area contributed by atoms with Gasteiger partial charge in [0.25, 0.3) is 5.91 Å². The lowest BCUT2D eigenvalue weighted by Crippen LogP contribution is -1.92. The SMILES string of the molecule is O=C(C=Cc1c(F)cc(F)cc1F)N=C=S. The van der Waals surface area contributed by atoms with Crippen LogP contribution in [-0.4, -0.2) is 11.1 Å². The maximum Gasteiger partial charge on any atom is 0.278 e. The Morgan fingerprint density at radius 2 is 1.88 bits per heavy atom. The highest BCUT2D eigenvalue weighted by Gasteiger charge is 2.08. The number of aliphatic imine (C=N–C) groups is 1. The van der Waals surface area contributed by atoms with E-state index in [9.17, 15) is 18.0 Å². The van der Waals surface area contributed by atoms with E-state index in [1.165, 1.54) is 0 Å². The van der Waals surface area contributed by atoms with Crippen LogP contribution in [0.25, 0.3) is 6.08 Å². The molecule has 1 aromatic carbocycles. The molecule has 0 N–H and O–H groups in total. The van der Waals surface area contributed by atoms with Crippen LogP contribution in [0.3, 0.4) is 0 Å². The maximum absolute atomic E-state index is 13.0. The van der Waals surface area contributed by atoms with Crippen LogP contribution in [0, 0.1) is 17.5 Å². The highest BCUT2D eigenvalue weighted by molar-refractivity contribution is 7.78. The van der Waals surface area contributed by atoms with E-state index in [0.717, 1.165) is 12.2 Å². The number of rotatable bonds is 2. The Morgan fingerprint density at radius 3 is 2.38 bits per heavy atom. The van der Waals surface area contributed by atoms with Crippen molar-refractivity contribution in [2.75, 3.05) is 0 Å². The lowest BCUT2D eigenvalue weighted by molar-refractivity contribution is -0.113. The highest BCUT2D eigenvalue weighted by Crippen LogP contribution is 2.16. The summed E-state index contributed by atoms with van der Waals surface area (Å²) < 4.78 is 38.6. The molecule has 0 aliphatic heterocycles. The number of isothiocyanates is 1. The number of thiocarbonyl (C=S) groups is 1. The van der Waals surface area contributed by atoms with Crippen LogP contribution >= 0.6 is 12.2 Å². The molecule has 1 rings (SSSR count). The molecular formula is C10H4F3NOS. The second-order valence-corrected chi connectivity index (χ2v) is 2.84. The minimum absolute atomic E-state index is 0.510. The molecule has 0 spiro atoms. The molecule has 1 amide bonds. The number of carbonyl (C=O) groups excluding carboxylic acids is 1. The van der Waals surface area contributed by atoms with Gasteiger partial charge in [-0.15, -0.1) is 0 Å². The monoisotopic (exact) mass is 243 g/mol. The normalized spacial score (nSPS) is 10.2. The molecule has 6 heteroatoms. The zero-order valence-corrected chi connectivity index (χ0v) is 8.52. The zero-order valence-electron chi connectivity index (χ0n) is 7.71. The first kappa shape index (κ1) is 12.3. The summed E-state index contributed by atoms with van der Waals surface area (Å²) in [6.45, 7) is 0. The number of hydrogen-bond donors (Lipinski definition) is 0. The number of nitrogens with zero attached hydrogens (tertiary/aromatic N) is 1. The number of benzene rings is 1. The Kier molecular flexibility index (Phi) is 4.10. The minimum atomic E-state index is -1.10. The molecule has 0 saturated heterocycles. The summed E-state index contributed by atoms with van der Waals surface area (Å²) >= 11 is 4.16. The lowest BCUT2D eigenvalue weighted by atomic mass is 10.2. The number of amides is 1. The van der Waals surface area contributed by atoms with Gasteiger partial charge in [0, 0.05) is 23.8 Å². The molecule has 0 bridgehead atoms. The Bertz CT molecular complexity index is 484. The van der Waals surface area contributed by atoms with Gasteiger partial charge in [-0.25, -0.2) is 13.2 Å². The van der Waals surface area contributed by atoms with Gasteiger partial charge in [0.2, 0.25) is 0 Å². The van der Waals surface area contributed by atoms with Crippen LogP contribution in [0.1, 0.15) is 5.56 Å². The van der Waals surface area contributed by atoms with Gasteiger partial charge in [-0.2, -0.15) is 4.99 Å². The second kappa shape index (κ2) is 5.34. The topological polar surface area (TPSA) is 29.4 Å². The fraction of sp³-hybridized carbons (Fsp3) is 0. The molecular weight excluding hydrogens is 239 g/mol. The van der Waals surface area contributed by atoms with E-state index in [2.05, 4.69) is 17.2 Å². The largest absolute Gasteiger partial charge is 0.278 e. The molecule has 1 aromatic rings. The van der Waals surface area contributed by atoms with Crippen molar-refractivity contribution in [3.63, 3.8) is 0 Å². The van der Waals surface area contributed by atoms with E-state index in [1.54, 1.807) is 5.16 Å². The van der Waals surface area contributed by atoms with Gasteiger partial charge in [-0.3, -0.25) is 4.79 Å². The van der Waals surface area contributed by atoms with Crippen molar-refractivity contribution >= 4 is 29.4 Å². The van der Waals surface area contributed by atoms with Gasteiger partial charge < -0.3 is 0 Å². The zero-order chi connectivity index (χ0) is 12.1. The Morgan fingerprint density at radius 1 is 1.31 bits per heavy atom. The molecule has 82 valence electrons. The van der Waals surface area contributed by atoms with Gasteiger partial charge in [-0.05, 0) is 18.3 Å². The quantitative estimate of drug-likeness (QED) is 0.454. The first-order valence-corrected chi connectivity index (χ1v) is 4.40. The van der Waals surface area contributed by atoms with Crippen LogP contribution in [-0.2, 0) is 4.79 Å². The third kappa shape index (κ3) is 3.12. The summed E-state index contributed by atoms with van der Waals surface area (Å²) in [5.41, 5.74) is -0.519. The second-order valence-electron chi connectivity index (χ2n) is 2.66. The van der Waals surface area contributed by atoms with Crippen LogP contribution < -0.4 is 0 Å². The van der Waals surface area contributed by atoms with Crippen molar-refractivity contribution in [2.24, 2.45) is 4.99 Å². The van der Waals surface area contributed by atoms with Crippen LogP contribution in [0.4, 0.5) is 13.2 Å². The highest BCUT2D eigenvalue weighted by atomic mass is 32.1. The summed E-state index contributed by atoms with van der Waals surface area (Å²) in [4.78, 5) is 13.8. The van der Waals surface area contributed by atoms with E-state index < -0.39 is 28.9 Å². The molecule has 16 heavy (non-hydrogen) atoms. The predicted octanol–water partition coefficient (Wildman–Crippen LogP) is 2.75. The van der Waals surface area contributed by atoms with Gasteiger partial charge in [0.05, 0.1) is 5.16 Å². The van der Waals surface area contributed by atoms with E-state index in [4.69, 9.17) is 0 Å². The third-order valence-corrected chi connectivity index (χ3v) is 1.68. The van der Waals surface area contributed by atoms with E-state index >= 15 is 0 Å². The summed E-state index contributed by atoms with van der Waals surface area (Å²) in [7, 11) is 0. The lowest BCUT2D eigenvalue weighted by Gasteiger charge is -1.98. The van der Waals surface area contributed by atoms with Crippen molar-refractivity contribution in [1.29, 1.82) is 0 Å². The van der Waals surface area contributed by atoms with E-state index in [-0.39, 0.29) is 0 Å². The molecule has 0 aliphatic carbocycles. The summed E-state index contributed by atoms with van der Waals surface area (Å²) in [6, 6.07) is 1.02. The smallest absolute Gasteiger partial charge is 0.267 e. The standard InChI is InChI=1S/C10H4F3NOS/c11-6-3-8(12)7(9(13)4-6)1-2-10(15)14-5-16/h1-4H. The molecule has 2 nitrogen and oxygen atoms in total. The van der Waals surface area contributed by atoms with E-state index in [1.807, 2.05) is 0 Å². The number of hydrogen-bond acceptors (Lipinski definition) is 2. The molecule has 0 atom stereocenters. The fourth-order valence-electron chi connectivity index (χ4n) is 0.949. The summed E-state index contributed by atoms with van der Waals surface area (Å²) in [5.74, 6) is -4.05. The van der Waals surface area contributed by atoms with Gasteiger partial charge in [-0.1, -0.05) is 0 Å². The third-order valence-electron chi connectivity index (χ3n) is 1.59. The first-order valence-electron chi connectivity index (χ1n) is 3.99. The van der Waals surface area contributed by atoms with Crippen LogP contribution in [0.2, 0.25) is 0 Å². The number of halogens is 3. The molecule has 0 fully saturated rings. The number of carbonyl (C=O) groups is 1. The average molecular weight is 243 g/mol. The Balaban J connectivity index is 3.06. The van der Waals surface area contributed by atoms with Gasteiger partial charge in [0.15, 0.2) is 0 Å². The molecule has 0 unspecified atom stereocenters. The molecule has 0 saturated carbocycles. The Labute approximate surface area is 94.1 Å². The van der Waals surface area contributed by atoms with Crippen LogP contribution in [0.15, 0.2) is 23.2 Å². The van der Waals surface area contributed by atoms with Crippen molar-refractivity contribution in [3.05, 3.63) is 41.2 Å². The summed E-state index contributed by atoms with van der Waals surface area (Å²) in [6.07, 6.45) is 1.65. The summed E-state index contributed by atoms with van der Waals surface area (Å²) in [5, 5.41) is 1.80. The molecule has 0 radical (unpaired) electrons. The molecule has 0 heterocycles.